The van der Waals surface area contributed by atoms with Crippen LogP contribution in [-0.4, -0.2) is 30.1 Å². The summed E-state index contributed by atoms with van der Waals surface area (Å²) in [7, 11) is 1.57. The van der Waals surface area contributed by atoms with Crippen LogP contribution < -0.4 is 11.1 Å². The monoisotopic (exact) mass is 250 g/mol. The molecule has 98 valence electrons. The van der Waals surface area contributed by atoms with Gasteiger partial charge in [0.1, 0.15) is 6.04 Å². The molecule has 0 aliphatic heterocycles. The third-order valence-electron chi connectivity index (χ3n) is 2.80. The highest BCUT2D eigenvalue weighted by Crippen LogP contribution is 2.14. The Morgan fingerprint density at radius 1 is 1.44 bits per heavy atom. The van der Waals surface area contributed by atoms with Crippen molar-refractivity contribution in [1.29, 1.82) is 0 Å². The summed E-state index contributed by atoms with van der Waals surface area (Å²) < 4.78 is 0. The highest BCUT2D eigenvalue weighted by Gasteiger charge is 2.15. The lowest BCUT2D eigenvalue weighted by atomic mass is 9.98. The second-order valence-electron chi connectivity index (χ2n) is 4.07. The summed E-state index contributed by atoms with van der Waals surface area (Å²) in [6.45, 7) is 1.96. The quantitative estimate of drug-likeness (QED) is 0.712. The SMILES string of the molecule is CCc1ccc(C[C@H](N)C(=O)O)cc1C(=O)NC. The van der Waals surface area contributed by atoms with Crippen LogP contribution in [0.5, 0.6) is 0 Å². The van der Waals surface area contributed by atoms with Crippen LogP contribution in [0.3, 0.4) is 0 Å². The number of nitrogens with two attached hydrogens (primary N) is 1. The van der Waals surface area contributed by atoms with E-state index >= 15 is 0 Å². The molecule has 0 saturated carbocycles. The molecule has 1 aromatic rings. The summed E-state index contributed by atoms with van der Waals surface area (Å²) in [5.41, 5.74) is 7.74. The van der Waals surface area contributed by atoms with Gasteiger partial charge >= 0.3 is 5.97 Å². The Morgan fingerprint density at radius 3 is 2.61 bits per heavy atom. The maximum Gasteiger partial charge on any atom is 0.320 e. The van der Waals surface area contributed by atoms with Crippen molar-refractivity contribution in [3.05, 3.63) is 34.9 Å². The first-order chi connectivity index (χ1) is 8.49. The number of hydrogen-bond donors (Lipinski definition) is 3. The average Bonchev–Trinajstić information content (AvgIpc) is 2.37. The highest BCUT2D eigenvalue weighted by atomic mass is 16.4. The van der Waals surface area contributed by atoms with E-state index in [1.807, 2.05) is 19.1 Å². The number of aryl methyl sites for hydroxylation is 1. The number of carboxylic acids is 1. The van der Waals surface area contributed by atoms with Crippen molar-refractivity contribution in [2.45, 2.75) is 25.8 Å². The summed E-state index contributed by atoms with van der Waals surface area (Å²) >= 11 is 0. The van der Waals surface area contributed by atoms with Gasteiger partial charge < -0.3 is 16.2 Å². The summed E-state index contributed by atoms with van der Waals surface area (Å²) in [6, 6.07) is 4.42. The van der Waals surface area contributed by atoms with Crippen LogP contribution >= 0.6 is 0 Å². The number of carboxylic acid groups (broad SMARTS) is 1. The third kappa shape index (κ3) is 3.30. The molecule has 0 aliphatic carbocycles. The van der Waals surface area contributed by atoms with Gasteiger partial charge in [0, 0.05) is 12.6 Å². The van der Waals surface area contributed by atoms with E-state index in [1.165, 1.54) is 0 Å². The Morgan fingerprint density at radius 2 is 2.11 bits per heavy atom. The van der Waals surface area contributed by atoms with Crippen molar-refractivity contribution in [3.63, 3.8) is 0 Å². The van der Waals surface area contributed by atoms with Gasteiger partial charge in [-0.2, -0.15) is 0 Å². The molecule has 1 amide bonds. The molecule has 4 N–H and O–H groups in total. The molecule has 0 bridgehead atoms. The number of nitrogens with one attached hydrogen (secondary N) is 1. The molecule has 5 nitrogen and oxygen atoms in total. The van der Waals surface area contributed by atoms with Gasteiger partial charge in [-0.25, -0.2) is 0 Å². The summed E-state index contributed by atoms with van der Waals surface area (Å²) in [4.78, 5) is 22.4. The molecule has 0 fully saturated rings. The zero-order valence-corrected chi connectivity index (χ0v) is 10.6. The van der Waals surface area contributed by atoms with E-state index in [0.717, 1.165) is 17.5 Å². The van der Waals surface area contributed by atoms with Gasteiger partial charge in [-0.15, -0.1) is 0 Å². The number of hydrogen-bond acceptors (Lipinski definition) is 3. The highest BCUT2D eigenvalue weighted by molar-refractivity contribution is 5.95. The minimum Gasteiger partial charge on any atom is -0.480 e. The Kier molecular flexibility index (Phi) is 4.85. The zero-order chi connectivity index (χ0) is 13.7. The van der Waals surface area contributed by atoms with Crippen molar-refractivity contribution in [3.8, 4) is 0 Å². The maximum atomic E-state index is 11.7. The fourth-order valence-corrected chi connectivity index (χ4v) is 1.75. The van der Waals surface area contributed by atoms with Crippen LogP contribution in [0.25, 0.3) is 0 Å². The number of aliphatic carboxylic acids is 1. The molecule has 0 unspecified atom stereocenters. The first-order valence-electron chi connectivity index (χ1n) is 5.81. The van der Waals surface area contributed by atoms with Gasteiger partial charge in [-0.1, -0.05) is 19.1 Å². The number of benzene rings is 1. The van der Waals surface area contributed by atoms with Crippen molar-refractivity contribution >= 4 is 11.9 Å². The standard InChI is InChI=1S/C13H18N2O3/c1-3-9-5-4-8(7-11(14)13(17)18)6-10(9)12(16)15-2/h4-6,11H,3,7,14H2,1-2H3,(H,15,16)(H,17,18)/t11-/m0/s1. The molecule has 0 saturated heterocycles. The average molecular weight is 250 g/mol. The molecule has 0 heterocycles. The molecular weight excluding hydrogens is 232 g/mol. The largest absolute Gasteiger partial charge is 0.480 e. The van der Waals surface area contributed by atoms with Crippen molar-refractivity contribution in [2.75, 3.05) is 7.05 Å². The lowest BCUT2D eigenvalue weighted by Crippen LogP contribution is -2.32. The number of carbonyl (C=O) groups excluding carboxylic acids is 1. The fourth-order valence-electron chi connectivity index (χ4n) is 1.75. The van der Waals surface area contributed by atoms with E-state index in [9.17, 15) is 9.59 Å². The zero-order valence-electron chi connectivity index (χ0n) is 10.6. The second kappa shape index (κ2) is 6.16. The van der Waals surface area contributed by atoms with Crippen LogP contribution in [0.2, 0.25) is 0 Å². The smallest absolute Gasteiger partial charge is 0.320 e. The summed E-state index contributed by atoms with van der Waals surface area (Å²) in [6.07, 6.45) is 0.956. The van der Waals surface area contributed by atoms with Gasteiger partial charge in [-0.3, -0.25) is 9.59 Å². The molecule has 5 heteroatoms. The Balaban J connectivity index is 3.03. The van der Waals surface area contributed by atoms with Gasteiger partial charge in [0.2, 0.25) is 0 Å². The third-order valence-corrected chi connectivity index (χ3v) is 2.80. The molecule has 1 aromatic carbocycles. The number of rotatable bonds is 5. The summed E-state index contributed by atoms with van der Waals surface area (Å²) in [5, 5.41) is 11.3. The number of amides is 1. The van der Waals surface area contributed by atoms with Crippen LogP contribution in [-0.2, 0) is 17.6 Å². The normalized spacial score (nSPS) is 11.9. The predicted molar refractivity (Wildman–Crippen MR) is 68.5 cm³/mol. The molecule has 0 radical (unpaired) electrons. The first-order valence-corrected chi connectivity index (χ1v) is 5.81. The second-order valence-corrected chi connectivity index (χ2v) is 4.07. The molecule has 1 rings (SSSR count). The first kappa shape index (κ1) is 14.2. The molecule has 0 spiro atoms. The van der Waals surface area contributed by atoms with Gasteiger partial charge in [0.15, 0.2) is 0 Å². The van der Waals surface area contributed by atoms with Crippen LogP contribution in [0, 0.1) is 0 Å². The van der Waals surface area contributed by atoms with Crippen molar-refractivity contribution in [1.82, 2.24) is 5.32 Å². The van der Waals surface area contributed by atoms with Crippen molar-refractivity contribution in [2.24, 2.45) is 5.73 Å². The molecule has 1 atom stereocenters. The Hall–Kier alpha value is -1.88. The predicted octanol–water partition coefficient (Wildman–Crippen LogP) is 0.563. The van der Waals surface area contributed by atoms with Crippen LogP contribution in [0.15, 0.2) is 18.2 Å². The molecular formula is C13H18N2O3. The van der Waals surface area contributed by atoms with E-state index in [-0.39, 0.29) is 12.3 Å². The van der Waals surface area contributed by atoms with E-state index in [0.29, 0.717) is 5.56 Å². The Bertz CT molecular complexity index is 458. The minimum absolute atomic E-state index is 0.169. The van der Waals surface area contributed by atoms with E-state index in [4.69, 9.17) is 10.8 Å². The van der Waals surface area contributed by atoms with Gasteiger partial charge in [-0.05, 0) is 30.0 Å². The van der Waals surface area contributed by atoms with Crippen molar-refractivity contribution < 1.29 is 14.7 Å². The van der Waals surface area contributed by atoms with Gasteiger partial charge in [0.25, 0.3) is 5.91 Å². The summed E-state index contributed by atoms with van der Waals surface area (Å²) in [5.74, 6) is -1.21. The molecule has 0 aromatic heterocycles. The van der Waals surface area contributed by atoms with Gasteiger partial charge in [0.05, 0.1) is 0 Å². The van der Waals surface area contributed by atoms with E-state index in [1.54, 1.807) is 13.1 Å². The topological polar surface area (TPSA) is 92.4 Å². The number of carbonyl (C=O) groups is 2. The lowest BCUT2D eigenvalue weighted by Gasteiger charge is -2.11. The van der Waals surface area contributed by atoms with E-state index in [2.05, 4.69) is 5.32 Å². The maximum absolute atomic E-state index is 11.7. The molecule has 18 heavy (non-hydrogen) atoms. The lowest BCUT2D eigenvalue weighted by molar-refractivity contribution is -0.138. The van der Waals surface area contributed by atoms with Crippen LogP contribution in [0.4, 0.5) is 0 Å². The Labute approximate surface area is 106 Å². The van der Waals surface area contributed by atoms with E-state index < -0.39 is 12.0 Å². The minimum atomic E-state index is -1.05. The molecule has 0 aliphatic rings. The van der Waals surface area contributed by atoms with Crippen LogP contribution in [0.1, 0.15) is 28.4 Å². The fraction of sp³-hybridized carbons (Fsp3) is 0.385.